The maximum absolute atomic E-state index is 12.8. The minimum atomic E-state index is -1.12. The number of hydrogen-bond acceptors (Lipinski definition) is 4. The highest BCUT2D eigenvalue weighted by molar-refractivity contribution is 5.88. The SMILES string of the molecule is CC(CCCNC(=O)OCC1c2ccccc2-c2ccccc21)C(=O)N1CCC[C@]1(C)C(=O)O. The van der Waals surface area contributed by atoms with Crippen molar-refractivity contribution >= 4 is 18.0 Å². The fourth-order valence-corrected chi connectivity index (χ4v) is 5.18. The van der Waals surface area contributed by atoms with E-state index in [0.717, 1.165) is 0 Å². The third kappa shape index (κ3) is 4.52. The Hall–Kier alpha value is -3.35. The highest BCUT2D eigenvalue weighted by atomic mass is 16.5. The molecule has 2 aromatic rings. The van der Waals surface area contributed by atoms with Gasteiger partial charge in [-0.3, -0.25) is 4.79 Å². The molecule has 1 fully saturated rings. The molecule has 1 unspecified atom stereocenters. The van der Waals surface area contributed by atoms with E-state index in [4.69, 9.17) is 4.74 Å². The minimum absolute atomic E-state index is 0.0137. The number of benzene rings is 2. The Balaban J connectivity index is 1.23. The first-order valence-corrected chi connectivity index (χ1v) is 12.0. The zero-order valence-corrected chi connectivity index (χ0v) is 19.8. The number of rotatable bonds is 8. The standard InChI is InChI=1S/C27H32N2O5/c1-18(24(30)29-16-8-14-27(29,2)25(31)32)9-7-15-28-26(33)34-17-23-21-12-5-3-10-19(21)20-11-4-6-13-22(20)23/h3-6,10-13,18,23H,7-9,14-17H2,1-2H3,(H,28,33)(H,31,32)/t18?,27-/m1/s1. The van der Waals surface area contributed by atoms with Gasteiger partial charge in [0.25, 0.3) is 0 Å². The lowest BCUT2D eigenvalue weighted by Crippen LogP contribution is -2.52. The lowest BCUT2D eigenvalue weighted by Gasteiger charge is -2.33. The molecule has 0 bridgehead atoms. The summed E-state index contributed by atoms with van der Waals surface area (Å²) in [5.74, 6) is -1.38. The van der Waals surface area contributed by atoms with Crippen molar-refractivity contribution in [3.8, 4) is 11.1 Å². The Kier molecular flexibility index (Phi) is 6.91. The van der Waals surface area contributed by atoms with Crippen LogP contribution in [-0.2, 0) is 14.3 Å². The lowest BCUT2D eigenvalue weighted by molar-refractivity contribution is -0.156. The highest BCUT2D eigenvalue weighted by Crippen LogP contribution is 2.44. The first-order chi connectivity index (χ1) is 16.3. The second-order valence-corrected chi connectivity index (χ2v) is 9.47. The molecule has 2 amide bonds. The predicted molar refractivity (Wildman–Crippen MR) is 128 cm³/mol. The average Bonchev–Trinajstić information content (AvgIpc) is 3.39. The van der Waals surface area contributed by atoms with Gasteiger partial charge in [-0.1, -0.05) is 55.5 Å². The van der Waals surface area contributed by atoms with E-state index in [2.05, 4.69) is 29.6 Å². The van der Waals surface area contributed by atoms with Crippen molar-refractivity contribution < 1.29 is 24.2 Å². The van der Waals surface area contributed by atoms with Gasteiger partial charge in [-0.15, -0.1) is 0 Å². The molecule has 34 heavy (non-hydrogen) atoms. The summed E-state index contributed by atoms with van der Waals surface area (Å²) < 4.78 is 5.54. The molecule has 2 aromatic carbocycles. The summed E-state index contributed by atoms with van der Waals surface area (Å²) in [6.07, 6.45) is 1.87. The minimum Gasteiger partial charge on any atom is -0.480 e. The summed E-state index contributed by atoms with van der Waals surface area (Å²) in [7, 11) is 0. The van der Waals surface area contributed by atoms with Crippen LogP contribution in [0.25, 0.3) is 11.1 Å². The summed E-state index contributed by atoms with van der Waals surface area (Å²) >= 11 is 0. The van der Waals surface area contributed by atoms with Gasteiger partial charge in [-0.2, -0.15) is 0 Å². The van der Waals surface area contributed by atoms with Crippen LogP contribution in [0, 0.1) is 5.92 Å². The number of carboxylic acids is 1. The summed E-state index contributed by atoms with van der Waals surface area (Å²) in [5, 5.41) is 12.3. The van der Waals surface area contributed by atoms with Gasteiger partial charge < -0.3 is 20.1 Å². The van der Waals surface area contributed by atoms with Crippen LogP contribution in [0.4, 0.5) is 4.79 Å². The molecule has 1 aliphatic carbocycles. The van der Waals surface area contributed by atoms with Gasteiger partial charge in [0.15, 0.2) is 0 Å². The molecule has 180 valence electrons. The van der Waals surface area contributed by atoms with E-state index >= 15 is 0 Å². The number of carbonyl (C=O) groups excluding carboxylic acids is 2. The van der Waals surface area contributed by atoms with Crippen LogP contribution < -0.4 is 5.32 Å². The van der Waals surface area contributed by atoms with Gasteiger partial charge in [0.05, 0.1) is 0 Å². The van der Waals surface area contributed by atoms with Gasteiger partial charge in [0.1, 0.15) is 12.1 Å². The predicted octanol–water partition coefficient (Wildman–Crippen LogP) is 4.41. The van der Waals surface area contributed by atoms with Crippen molar-refractivity contribution in [3.05, 3.63) is 59.7 Å². The quantitative estimate of drug-likeness (QED) is 0.565. The number of nitrogens with zero attached hydrogens (tertiary/aromatic N) is 1. The van der Waals surface area contributed by atoms with E-state index in [0.29, 0.717) is 38.8 Å². The first kappa shape index (κ1) is 23.8. The fourth-order valence-electron chi connectivity index (χ4n) is 5.18. The topological polar surface area (TPSA) is 95.9 Å². The van der Waals surface area contributed by atoms with Crippen molar-refractivity contribution in [1.82, 2.24) is 10.2 Å². The van der Waals surface area contributed by atoms with Crippen molar-refractivity contribution in [2.75, 3.05) is 19.7 Å². The molecule has 1 heterocycles. The molecule has 4 rings (SSSR count). The third-order valence-corrected chi connectivity index (χ3v) is 7.22. The van der Waals surface area contributed by atoms with E-state index < -0.39 is 17.6 Å². The number of hydrogen-bond donors (Lipinski definition) is 2. The number of carboxylic acid groups (broad SMARTS) is 1. The number of amides is 2. The fraction of sp³-hybridized carbons (Fsp3) is 0.444. The number of nitrogens with one attached hydrogen (secondary N) is 1. The van der Waals surface area contributed by atoms with Crippen molar-refractivity contribution in [1.29, 1.82) is 0 Å². The molecule has 1 saturated heterocycles. The number of ether oxygens (including phenoxy) is 1. The summed E-state index contributed by atoms with van der Waals surface area (Å²) in [6, 6.07) is 16.4. The van der Waals surface area contributed by atoms with E-state index in [1.165, 1.54) is 27.2 Å². The van der Waals surface area contributed by atoms with Gasteiger partial charge in [0, 0.05) is 24.9 Å². The maximum atomic E-state index is 12.8. The Morgan fingerprint density at radius 3 is 2.35 bits per heavy atom. The summed E-state index contributed by atoms with van der Waals surface area (Å²) in [5.41, 5.74) is 3.58. The van der Waals surface area contributed by atoms with Gasteiger partial charge in [-0.25, -0.2) is 9.59 Å². The molecule has 1 aliphatic heterocycles. The van der Waals surface area contributed by atoms with Gasteiger partial charge >= 0.3 is 12.1 Å². The Morgan fingerprint density at radius 1 is 1.12 bits per heavy atom. The van der Waals surface area contributed by atoms with Crippen molar-refractivity contribution in [2.45, 2.75) is 51.0 Å². The number of likely N-dealkylation sites (tertiary alicyclic amines) is 1. The molecular formula is C27H32N2O5. The zero-order chi connectivity index (χ0) is 24.3. The maximum Gasteiger partial charge on any atom is 0.407 e. The van der Waals surface area contributed by atoms with Crippen LogP contribution >= 0.6 is 0 Å². The molecular weight excluding hydrogens is 432 g/mol. The molecule has 0 aromatic heterocycles. The lowest BCUT2D eigenvalue weighted by atomic mass is 9.96. The second kappa shape index (κ2) is 9.87. The monoisotopic (exact) mass is 464 g/mol. The Bertz CT molecular complexity index is 1040. The van der Waals surface area contributed by atoms with Gasteiger partial charge in [0.2, 0.25) is 5.91 Å². The molecule has 7 heteroatoms. The first-order valence-electron chi connectivity index (χ1n) is 12.0. The highest BCUT2D eigenvalue weighted by Gasteiger charge is 2.46. The van der Waals surface area contributed by atoms with Crippen molar-refractivity contribution in [3.63, 3.8) is 0 Å². The number of aliphatic carboxylic acids is 1. The Morgan fingerprint density at radius 2 is 1.74 bits per heavy atom. The third-order valence-electron chi connectivity index (χ3n) is 7.22. The molecule has 2 atom stereocenters. The smallest absolute Gasteiger partial charge is 0.407 e. The molecule has 0 spiro atoms. The van der Waals surface area contributed by atoms with E-state index in [1.54, 1.807) is 6.92 Å². The normalized spacial score (nSPS) is 19.9. The molecule has 2 N–H and O–H groups in total. The molecule has 2 aliphatic rings. The van der Waals surface area contributed by atoms with Crippen LogP contribution in [0.1, 0.15) is 56.6 Å². The summed E-state index contributed by atoms with van der Waals surface area (Å²) in [6.45, 7) is 4.56. The van der Waals surface area contributed by atoms with E-state index in [-0.39, 0.29) is 24.3 Å². The van der Waals surface area contributed by atoms with Crippen LogP contribution in [-0.4, -0.2) is 53.2 Å². The number of alkyl carbamates (subject to hydrolysis) is 1. The van der Waals surface area contributed by atoms with Gasteiger partial charge in [-0.05, 0) is 54.9 Å². The summed E-state index contributed by atoms with van der Waals surface area (Å²) in [4.78, 5) is 38.2. The average molecular weight is 465 g/mol. The number of fused-ring (bicyclic) bond motifs is 3. The molecule has 0 radical (unpaired) electrons. The number of carbonyl (C=O) groups is 3. The van der Waals surface area contributed by atoms with Crippen LogP contribution in [0.3, 0.4) is 0 Å². The van der Waals surface area contributed by atoms with Crippen molar-refractivity contribution in [2.24, 2.45) is 5.92 Å². The largest absolute Gasteiger partial charge is 0.480 e. The van der Waals surface area contributed by atoms with Crippen LogP contribution in [0.5, 0.6) is 0 Å². The van der Waals surface area contributed by atoms with Crippen LogP contribution in [0.2, 0.25) is 0 Å². The molecule has 0 saturated carbocycles. The molecule has 7 nitrogen and oxygen atoms in total. The Labute approximate surface area is 200 Å². The van der Waals surface area contributed by atoms with Crippen LogP contribution in [0.15, 0.2) is 48.5 Å². The van der Waals surface area contributed by atoms with E-state index in [1.807, 2.05) is 31.2 Å². The van der Waals surface area contributed by atoms with E-state index in [9.17, 15) is 19.5 Å². The zero-order valence-electron chi connectivity index (χ0n) is 19.8. The second-order valence-electron chi connectivity index (χ2n) is 9.47.